The summed E-state index contributed by atoms with van der Waals surface area (Å²) >= 11 is 0. The average Bonchev–Trinajstić information content (AvgIpc) is 2.71. The van der Waals surface area contributed by atoms with Crippen molar-refractivity contribution in [3.8, 4) is 0 Å². The van der Waals surface area contributed by atoms with Crippen molar-refractivity contribution in [2.75, 3.05) is 22.5 Å². The van der Waals surface area contributed by atoms with Crippen LogP contribution in [0.5, 0.6) is 0 Å². The van der Waals surface area contributed by atoms with E-state index in [0.29, 0.717) is 35.7 Å². The fourth-order valence-corrected chi connectivity index (χ4v) is 2.61. The van der Waals surface area contributed by atoms with Crippen LogP contribution in [0.15, 0.2) is 60.7 Å². The molecule has 1 heterocycles. The van der Waals surface area contributed by atoms with Gasteiger partial charge in [-0.1, -0.05) is 18.2 Å². The first-order chi connectivity index (χ1) is 14.0. The fraction of sp³-hybridized carbons (Fsp3) is 0.143. The second-order valence-electron chi connectivity index (χ2n) is 6.28. The average molecular weight is 393 g/mol. The number of nitrogens with zero attached hydrogens (tertiary/aromatic N) is 2. The molecule has 8 heteroatoms. The van der Waals surface area contributed by atoms with Gasteiger partial charge in [0.1, 0.15) is 11.6 Å². The summed E-state index contributed by atoms with van der Waals surface area (Å²) in [7, 11) is 0. The Labute approximate surface area is 167 Å². The molecule has 2 aromatic carbocycles. The maximum atomic E-state index is 13.6. The molecule has 0 saturated heterocycles. The molecule has 0 radical (unpaired) electrons. The molecule has 0 aliphatic carbocycles. The summed E-state index contributed by atoms with van der Waals surface area (Å²) in [5.41, 5.74) is 1.99. The minimum atomic E-state index is -0.400. The van der Waals surface area contributed by atoms with Gasteiger partial charge in [-0.3, -0.25) is 9.59 Å². The van der Waals surface area contributed by atoms with Gasteiger partial charge in [0, 0.05) is 24.8 Å². The van der Waals surface area contributed by atoms with E-state index in [9.17, 15) is 14.0 Å². The molecule has 2 amide bonds. The third-order valence-corrected chi connectivity index (χ3v) is 4.02. The van der Waals surface area contributed by atoms with Crippen LogP contribution in [0, 0.1) is 5.82 Å². The second kappa shape index (κ2) is 9.41. The minimum Gasteiger partial charge on any atom is -0.368 e. The molecule has 0 spiro atoms. The Morgan fingerprint density at radius 3 is 2.21 bits per heavy atom. The van der Waals surface area contributed by atoms with Crippen molar-refractivity contribution in [2.24, 2.45) is 0 Å². The number of rotatable bonds is 7. The molecule has 3 rings (SSSR count). The van der Waals surface area contributed by atoms with E-state index in [2.05, 4.69) is 26.1 Å². The highest BCUT2D eigenvalue weighted by Gasteiger charge is 2.09. The molecule has 0 saturated carbocycles. The van der Waals surface area contributed by atoms with Crippen molar-refractivity contribution in [1.82, 2.24) is 10.2 Å². The van der Waals surface area contributed by atoms with E-state index >= 15 is 0 Å². The number of nitrogens with one attached hydrogen (secondary N) is 3. The van der Waals surface area contributed by atoms with E-state index in [4.69, 9.17) is 0 Å². The molecule has 0 fully saturated rings. The maximum absolute atomic E-state index is 13.6. The molecule has 29 heavy (non-hydrogen) atoms. The van der Waals surface area contributed by atoms with Gasteiger partial charge in [0.25, 0.3) is 5.91 Å². The summed E-state index contributed by atoms with van der Waals surface area (Å²) in [6, 6.07) is 16.5. The largest absolute Gasteiger partial charge is 0.368 e. The molecule has 0 unspecified atom stereocenters. The van der Waals surface area contributed by atoms with Crippen LogP contribution in [0.2, 0.25) is 0 Å². The third kappa shape index (κ3) is 5.83. The summed E-state index contributed by atoms with van der Waals surface area (Å²) in [5.74, 6) is -0.308. The number of benzene rings is 2. The zero-order chi connectivity index (χ0) is 20.6. The molecule has 0 aliphatic rings. The topological polar surface area (TPSA) is 96.0 Å². The number of amides is 2. The minimum absolute atomic E-state index is 0.163. The number of hydrogen-bond acceptors (Lipinski definition) is 5. The summed E-state index contributed by atoms with van der Waals surface area (Å²) in [6.45, 7) is 1.91. The second-order valence-corrected chi connectivity index (χ2v) is 6.28. The highest BCUT2D eigenvalue weighted by molar-refractivity contribution is 6.03. The van der Waals surface area contributed by atoms with Crippen LogP contribution in [-0.4, -0.2) is 28.6 Å². The lowest BCUT2D eigenvalue weighted by Gasteiger charge is -2.08. The Kier molecular flexibility index (Phi) is 6.47. The van der Waals surface area contributed by atoms with Gasteiger partial charge in [-0.25, -0.2) is 4.39 Å². The number of anilines is 3. The van der Waals surface area contributed by atoms with Crippen LogP contribution in [-0.2, 0) is 11.2 Å². The maximum Gasteiger partial charge on any atom is 0.276 e. The van der Waals surface area contributed by atoms with E-state index < -0.39 is 5.91 Å². The van der Waals surface area contributed by atoms with Crippen LogP contribution < -0.4 is 16.0 Å². The van der Waals surface area contributed by atoms with Gasteiger partial charge < -0.3 is 16.0 Å². The van der Waals surface area contributed by atoms with Gasteiger partial charge in [-0.05, 0) is 54.4 Å². The van der Waals surface area contributed by atoms with Crippen LogP contribution in [0.3, 0.4) is 0 Å². The molecular weight excluding hydrogens is 373 g/mol. The molecule has 0 atom stereocenters. The monoisotopic (exact) mass is 393 g/mol. The Morgan fingerprint density at radius 2 is 1.59 bits per heavy atom. The molecule has 0 bridgehead atoms. The third-order valence-electron chi connectivity index (χ3n) is 4.02. The van der Waals surface area contributed by atoms with Crippen LogP contribution in [0.25, 0.3) is 0 Å². The van der Waals surface area contributed by atoms with E-state index in [0.717, 1.165) is 0 Å². The van der Waals surface area contributed by atoms with E-state index in [1.165, 1.54) is 13.0 Å². The number of hydrogen-bond donors (Lipinski definition) is 3. The molecule has 148 valence electrons. The van der Waals surface area contributed by atoms with Crippen LogP contribution >= 0.6 is 0 Å². The van der Waals surface area contributed by atoms with Crippen molar-refractivity contribution >= 4 is 29.0 Å². The zero-order valence-corrected chi connectivity index (χ0v) is 15.8. The number of halogens is 1. The van der Waals surface area contributed by atoms with Gasteiger partial charge in [0.05, 0.1) is 0 Å². The predicted octanol–water partition coefficient (Wildman–Crippen LogP) is 3.48. The smallest absolute Gasteiger partial charge is 0.276 e. The van der Waals surface area contributed by atoms with Crippen molar-refractivity contribution in [3.05, 3.63) is 77.7 Å². The van der Waals surface area contributed by atoms with Crippen molar-refractivity contribution in [2.45, 2.75) is 13.3 Å². The summed E-state index contributed by atoms with van der Waals surface area (Å²) < 4.78 is 13.6. The standard InChI is InChI=1S/C21H20FN5O2/c1-14(28)24-16-6-8-17(9-7-16)25-21(29)19-10-11-20(27-26-19)23-13-12-15-4-2-3-5-18(15)22/h2-11H,12-13H2,1H3,(H,23,27)(H,24,28)(H,25,29). The molecule has 3 N–H and O–H groups in total. The van der Waals surface area contributed by atoms with Gasteiger partial charge in [0.15, 0.2) is 5.69 Å². The Hall–Kier alpha value is -3.81. The normalized spacial score (nSPS) is 10.3. The Balaban J connectivity index is 1.52. The SMILES string of the molecule is CC(=O)Nc1ccc(NC(=O)c2ccc(NCCc3ccccc3F)nn2)cc1. The van der Waals surface area contributed by atoms with E-state index in [-0.39, 0.29) is 17.4 Å². The van der Waals surface area contributed by atoms with Crippen molar-refractivity contribution < 1.29 is 14.0 Å². The first-order valence-corrected chi connectivity index (χ1v) is 9.01. The molecular formula is C21H20FN5O2. The van der Waals surface area contributed by atoms with Crippen LogP contribution in [0.4, 0.5) is 21.6 Å². The highest BCUT2D eigenvalue weighted by Crippen LogP contribution is 2.14. The fourth-order valence-electron chi connectivity index (χ4n) is 2.61. The highest BCUT2D eigenvalue weighted by atomic mass is 19.1. The summed E-state index contributed by atoms with van der Waals surface area (Å²) in [6.07, 6.45) is 0.505. The molecule has 7 nitrogen and oxygen atoms in total. The van der Waals surface area contributed by atoms with Crippen LogP contribution in [0.1, 0.15) is 23.0 Å². The van der Waals surface area contributed by atoms with Gasteiger partial charge in [-0.15, -0.1) is 10.2 Å². The number of carbonyl (C=O) groups is 2. The first-order valence-electron chi connectivity index (χ1n) is 9.01. The Bertz CT molecular complexity index is 991. The quantitative estimate of drug-likeness (QED) is 0.571. The molecule has 3 aromatic rings. The zero-order valence-electron chi connectivity index (χ0n) is 15.8. The summed E-state index contributed by atoms with van der Waals surface area (Å²) in [5, 5.41) is 16.3. The lowest BCUT2D eigenvalue weighted by molar-refractivity contribution is -0.114. The lowest BCUT2D eigenvalue weighted by Crippen LogP contribution is -2.15. The van der Waals surface area contributed by atoms with E-state index in [1.54, 1.807) is 54.6 Å². The number of carbonyl (C=O) groups excluding carboxylic acids is 2. The Morgan fingerprint density at radius 1 is 0.897 bits per heavy atom. The van der Waals surface area contributed by atoms with Gasteiger partial charge >= 0.3 is 0 Å². The molecule has 0 aliphatic heterocycles. The summed E-state index contributed by atoms with van der Waals surface area (Å²) in [4.78, 5) is 23.3. The van der Waals surface area contributed by atoms with Crippen molar-refractivity contribution in [3.63, 3.8) is 0 Å². The van der Waals surface area contributed by atoms with Crippen molar-refractivity contribution in [1.29, 1.82) is 0 Å². The lowest BCUT2D eigenvalue weighted by atomic mass is 10.1. The van der Waals surface area contributed by atoms with Gasteiger partial charge in [0.2, 0.25) is 5.91 Å². The molecule has 1 aromatic heterocycles. The van der Waals surface area contributed by atoms with E-state index in [1.807, 2.05) is 0 Å². The predicted molar refractivity (Wildman–Crippen MR) is 109 cm³/mol. The van der Waals surface area contributed by atoms with Gasteiger partial charge in [-0.2, -0.15) is 0 Å². The first kappa shape index (κ1) is 19.9. The number of aromatic nitrogens is 2.